The van der Waals surface area contributed by atoms with E-state index in [0.717, 1.165) is 19.4 Å². The van der Waals surface area contributed by atoms with Crippen LogP contribution in [-0.4, -0.2) is 26.5 Å². The fourth-order valence-electron chi connectivity index (χ4n) is 1.23. The minimum absolute atomic E-state index is 0.155. The molecule has 4 nitrogen and oxygen atoms in total. The van der Waals surface area contributed by atoms with Crippen LogP contribution in [0.3, 0.4) is 0 Å². The Balaban J connectivity index is 2.01. The van der Waals surface area contributed by atoms with E-state index in [1.165, 1.54) is 0 Å². The molecule has 0 unspecified atom stereocenters. The summed E-state index contributed by atoms with van der Waals surface area (Å²) in [5, 5.41) is 16.4. The third-order valence-corrected chi connectivity index (χ3v) is 2.28. The molecule has 1 heterocycles. The Morgan fingerprint density at radius 2 is 2.00 bits per heavy atom. The zero-order chi connectivity index (χ0) is 7.73. The summed E-state index contributed by atoms with van der Waals surface area (Å²) in [4.78, 5) is 0. The highest BCUT2D eigenvalue weighted by Crippen LogP contribution is 2.46. The van der Waals surface area contributed by atoms with Gasteiger partial charge >= 0.3 is 0 Å². The van der Waals surface area contributed by atoms with E-state index in [1.54, 1.807) is 12.7 Å². The van der Waals surface area contributed by atoms with Gasteiger partial charge in [0, 0.05) is 12.0 Å². The lowest BCUT2D eigenvalue weighted by Crippen LogP contribution is -2.14. The molecule has 1 N–H and O–H groups in total. The van der Waals surface area contributed by atoms with Crippen LogP contribution in [0.4, 0.5) is 0 Å². The van der Waals surface area contributed by atoms with Gasteiger partial charge in [0.1, 0.15) is 12.7 Å². The first kappa shape index (κ1) is 6.79. The summed E-state index contributed by atoms with van der Waals surface area (Å²) in [6.45, 7) is 1.14. The lowest BCUT2D eigenvalue weighted by Gasteiger charge is -2.10. The molecular formula is C7H11N3O. The van der Waals surface area contributed by atoms with Crippen molar-refractivity contribution in [2.24, 2.45) is 5.41 Å². The van der Waals surface area contributed by atoms with Crippen LogP contribution in [0, 0.1) is 5.41 Å². The van der Waals surface area contributed by atoms with Crippen LogP contribution in [0.15, 0.2) is 12.7 Å². The number of aliphatic hydroxyl groups excluding tert-OH is 1. The van der Waals surface area contributed by atoms with Gasteiger partial charge in [-0.25, -0.2) is 0 Å². The molecular weight excluding hydrogens is 142 g/mol. The van der Waals surface area contributed by atoms with E-state index >= 15 is 0 Å². The predicted octanol–water partition coefficient (Wildman–Crippen LogP) is 0.0506. The van der Waals surface area contributed by atoms with Crippen LogP contribution in [0.1, 0.15) is 12.8 Å². The van der Waals surface area contributed by atoms with E-state index in [1.807, 2.05) is 4.57 Å². The summed E-state index contributed by atoms with van der Waals surface area (Å²) in [7, 11) is 0. The van der Waals surface area contributed by atoms with Crippen LogP contribution in [-0.2, 0) is 6.54 Å². The van der Waals surface area contributed by atoms with Gasteiger partial charge in [-0.1, -0.05) is 0 Å². The second-order valence-electron chi connectivity index (χ2n) is 3.29. The molecule has 0 saturated heterocycles. The van der Waals surface area contributed by atoms with Crippen LogP contribution in [0.2, 0.25) is 0 Å². The highest BCUT2D eigenvalue weighted by Gasteiger charge is 2.42. The minimum atomic E-state index is 0.155. The molecule has 1 aromatic rings. The Morgan fingerprint density at radius 3 is 2.45 bits per heavy atom. The van der Waals surface area contributed by atoms with Crippen molar-refractivity contribution in [3.05, 3.63) is 12.7 Å². The van der Waals surface area contributed by atoms with E-state index in [2.05, 4.69) is 10.2 Å². The third kappa shape index (κ3) is 1.26. The molecule has 0 amide bonds. The van der Waals surface area contributed by atoms with E-state index in [4.69, 9.17) is 5.11 Å². The first-order valence-electron chi connectivity index (χ1n) is 3.78. The molecule has 0 aromatic carbocycles. The number of aromatic nitrogens is 3. The minimum Gasteiger partial charge on any atom is -0.396 e. The van der Waals surface area contributed by atoms with Gasteiger partial charge in [0.05, 0.1) is 6.61 Å². The van der Waals surface area contributed by atoms with E-state index in [-0.39, 0.29) is 12.0 Å². The van der Waals surface area contributed by atoms with Gasteiger partial charge in [-0.15, -0.1) is 10.2 Å². The Morgan fingerprint density at radius 1 is 1.36 bits per heavy atom. The highest BCUT2D eigenvalue weighted by atomic mass is 16.3. The summed E-state index contributed by atoms with van der Waals surface area (Å²) >= 11 is 0. The Hall–Kier alpha value is -0.900. The van der Waals surface area contributed by atoms with Crippen LogP contribution >= 0.6 is 0 Å². The lowest BCUT2D eigenvalue weighted by molar-refractivity contribution is 0.194. The van der Waals surface area contributed by atoms with E-state index in [0.29, 0.717) is 0 Å². The highest BCUT2D eigenvalue weighted by molar-refractivity contribution is 4.92. The first-order chi connectivity index (χ1) is 5.35. The van der Waals surface area contributed by atoms with Gasteiger partial charge in [-0.05, 0) is 12.8 Å². The van der Waals surface area contributed by atoms with Crippen LogP contribution in [0.25, 0.3) is 0 Å². The van der Waals surface area contributed by atoms with Gasteiger partial charge in [-0.2, -0.15) is 0 Å². The number of rotatable bonds is 3. The largest absolute Gasteiger partial charge is 0.396 e. The Labute approximate surface area is 64.9 Å². The van der Waals surface area contributed by atoms with Crippen molar-refractivity contribution in [2.45, 2.75) is 19.4 Å². The van der Waals surface area contributed by atoms with Gasteiger partial charge in [0.25, 0.3) is 0 Å². The van der Waals surface area contributed by atoms with E-state index < -0.39 is 0 Å². The van der Waals surface area contributed by atoms with Crippen molar-refractivity contribution in [1.82, 2.24) is 14.8 Å². The van der Waals surface area contributed by atoms with Crippen molar-refractivity contribution in [1.29, 1.82) is 0 Å². The van der Waals surface area contributed by atoms with Crippen molar-refractivity contribution in [3.63, 3.8) is 0 Å². The van der Waals surface area contributed by atoms with Crippen molar-refractivity contribution < 1.29 is 5.11 Å². The molecule has 2 rings (SSSR count). The maximum absolute atomic E-state index is 9.00. The smallest absolute Gasteiger partial charge is 0.119 e. The average Bonchev–Trinajstić information content (AvgIpc) is 2.59. The molecule has 60 valence electrons. The quantitative estimate of drug-likeness (QED) is 0.667. The first-order valence-corrected chi connectivity index (χ1v) is 3.78. The molecule has 0 radical (unpaired) electrons. The monoisotopic (exact) mass is 153 g/mol. The van der Waals surface area contributed by atoms with Crippen molar-refractivity contribution in [2.75, 3.05) is 6.61 Å². The number of hydrogen-bond acceptors (Lipinski definition) is 3. The van der Waals surface area contributed by atoms with Crippen molar-refractivity contribution in [3.8, 4) is 0 Å². The molecule has 0 bridgehead atoms. The fourth-order valence-corrected chi connectivity index (χ4v) is 1.23. The maximum atomic E-state index is 9.00. The third-order valence-electron chi connectivity index (χ3n) is 2.28. The molecule has 0 aliphatic heterocycles. The molecule has 11 heavy (non-hydrogen) atoms. The predicted molar refractivity (Wildman–Crippen MR) is 38.8 cm³/mol. The molecule has 1 aliphatic carbocycles. The molecule has 1 aromatic heterocycles. The van der Waals surface area contributed by atoms with Gasteiger partial charge in [0.15, 0.2) is 0 Å². The van der Waals surface area contributed by atoms with Gasteiger partial charge < -0.3 is 9.67 Å². The van der Waals surface area contributed by atoms with Crippen LogP contribution < -0.4 is 0 Å². The zero-order valence-corrected chi connectivity index (χ0v) is 6.27. The zero-order valence-electron chi connectivity index (χ0n) is 6.27. The number of aliphatic hydroxyl groups is 1. The molecule has 1 saturated carbocycles. The molecule has 1 fully saturated rings. The van der Waals surface area contributed by atoms with Crippen molar-refractivity contribution >= 4 is 0 Å². The molecule has 0 spiro atoms. The summed E-state index contributed by atoms with van der Waals surface area (Å²) in [5.74, 6) is 0. The summed E-state index contributed by atoms with van der Waals surface area (Å²) in [5.41, 5.74) is 0.155. The lowest BCUT2D eigenvalue weighted by atomic mass is 10.1. The average molecular weight is 153 g/mol. The van der Waals surface area contributed by atoms with E-state index in [9.17, 15) is 0 Å². The maximum Gasteiger partial charge on any atom is 0.119 e. The summed E-state index contributed by atoms with van der Waals surface area (Å²) < 4.78 is 1.92. The molecule has 0 atom stereocenters. The topological polar surface area (TPSA) is 50.9 Å². The van der Waals surface area contributed by atoms with Gasteiger partial charge in [0.2, 0.25) is 0 Å². The Bertz CT molecular complexity index is 228. The second kappa shape index (κ2) is 2.30. The standard InChI is InChI=1S/C7H11N3O/c11-4-7(1-2-7)3-10-5-8-9-6-10/h5-6,11H,1-4H2. The second-order valence-corrected chi connectivity index (χ2v) is 3.29. The summed E-state index contributed by atoms with van der Waals surface area (Å²) in [6, 6.07) is 0. The number of nitrogens with zero attached hydrogens (tertiary/aromatic N) is 3. The van der Waals surface area contributed by atoms with Gasteiger partial charge in [-0.3, -0.25) is 0 Å². The number of hydrogen-bond donors (Lipinski definition) is 1. The van der Waals surface area contributed by atoms with Crippen LogP contribution in [0.5, 0.6) is 0 Å². The molecule has 1 aliphatic rings. The fraction of sp³-hybridized carbons (Fsp3) is 0.714. The Kier molecular flexibility index (Phi) is 1.42. The SMILES string of the molecule is OCC1(Cn2cnnc2)CC1. The summed E-state index contributed by atoms with van der Waals surface area (Å²) in [6.07, 6.45) is 5.63. The molecule has 4 heteroatoms. The normalized spacial score (nSPS) is 20.1.